The van der Waals surface area contributed by atoms with Crippen molar-refractivity contribution in [3.05, 3.63) is 0 Å². The van der Waals surface area contributed by atoms with Crippen molar-refractivity contribution in [2.75, 3.05) is 32.4 Å². The van der Waals surface area contributed by atoms with Gasteiger partial charge in [0.25, 0.3) is 0 Å². The largest absolute Gasteiger partial charge is 0.314 e. The lowest BCUT2D eigenvalue weighted by atomic mass is 10.1. The number of sulfonamides is 1. The van der Waals surface area contributed by atoms with E-state index in [-0.39, 0.29) is 11.8 Å². The van der Waals surface area contributed by atoms with E-state index in [0.29, 0.717) is 12.5 Å². The summed E-state index contributed by atoms with van der Waals surface area (Å²) in [6.45, 7) is 2.78. The van der Waals surface area contributed by atoms with E-state index in [2.05, 4.69) is 22.0 Å². The quantitative estimate of drug-likeness (QED) is 0.649. The molecule has 1 saturated heterocycles. The third-order valence-electron chi connectivity index (χ3n) is 3.66. The summed E-state index contributed by atoms with van der Waals surface area (Å²) >= 11 is 0. The summed E-state index contributed by atoms with van der Waals surface area (Å²) in [5, 5.41) is 3.34. The summed E-state index contributed by atoms with van der Waals surface area (Å²) < 4.78 is 26.6. The molecule has 0 unspecified atom stereocenters. The maximum atomic E-state index is 11.9. The molecule has 0 aromatic rings. The van der Waals surface area contributed by atoms with Crippen molar-refractivity contribution in [3.63, 3.8) is 0 Å². The fraction of sp³-hybridized carbons (Fsp3) is 1.00. The van der Waals surface area contributed by atoms with Gasteiger partial charge in [0.15, 0.2) is 0 Å². The molecule has 0 bridgehead atoms. The molecule has 0 radical (unpaired) electrons. The zero-order valence-corrected chi connectivity index (χ0v) is 12.0. The van der Waals surface area contributed by atoms with Crippen molar-refractivity contribution >= 4 is 10.0 Å². The van der Waals surface area contributed by atoms with Crippen LogP contribution in [0, 0.1) is 0 Å². The second-order valence-electron chi connectivity index (χ2n) is 5.60. The summed E-state index contributed by atoms with van der Waals surface area (Å²) in [4.78, 5) is 2.24. The molecule has 0 spiro atoms. The first-order chi connectivity index (χ1) is 8.55. The molecule has 0 aromatic heterocycles. The van der Waals surface area contributed by atoms with E-state index in [1.54, 1.807) is 0 Å². The maximum absolute atomic E-state index is 11.9. The first-order valence-electron chi connectivity index (χ1n) is 6.97. The van der Waals surface area contributed by atoms with Gasteiger partial charge in [-0.05, 0) is 58.8 Å². The second kappa shape index (κ2) is 6.32. The fourth-order valence-electron chi connectivity index (χ4n) is 2.30. The molecule has 2 fully saturated rings. The molecule has 0 aromatic carbocycles. The van der Waals surface area contributed by atoms with Gasteiger partial charge in [-0.2, -0.15) is 0 Å². The number of rotatable bonds is 7. The molecule has 1 saturated carbocycles. The molecule has 2 N–H and O–H groups in total. The van der Waals surface area contributed by atoms with E-state index in [1.165, 1.54) is 12.8 Å². The summed E-state index contributed by atoms with van der Waals surface area (Å²) in [7, 11) is -1.01. The lowest BCUT2D eigenvalue weighted by Gasteiger charge is -2.29. The Morgan fingerprint density at radius 3 is 2.39 bits per heavy atom. The Labute approximate surface area is 110 Å². The van der Waals surface area contributed by atoms with E-state index in [9.17, 15) is 8.42 Å². The lowest BCUT2D eigenvalue weighted by Crippen LogP contribution is -2.44. The maximum Gasteiger partial charge on any atom is 0.211 e. The zero-order valence-electron chi connectivity index (χ0n) is 11.2. The van der Waals surface area contributed by atoms with Gasteiger partial charge in [-0.1, -0.05) is 0 Å². The number of piperidine rings is 1. The van der Waals surface area contributed by atoms with Crippen LogP contribution in [0.4, 0.5) is 0 Å². The molecule has 1 aliphatic carbocycles. The molecule has 2 rings (SSSR count). The van der Waals surface area contributed by atoms with Crippen molar-refractivity contribution in [3.8, 4) is 0 Å². The average molecular weight is 275 g/mol. The highest BCUT2D eigenvalue weighted by Gasteiger charge is 2.22. The van der Waals surface area contributed by atoms with Crippen molar-refractivity contribution in [2.24, 2.45) is 0 Å². The molecule has 6 heteroatoms. The van der Waals surface area contributed by atoms with Gasteiger partial charge in [-0.15, -0.1) is 0 Å². The summed E-state index contributed by atoms with van der Waals surface area (Å²) in [5.41, 5.74) is 0. The van der Waals surface area contributed by atoms with E-state index >= 15 is 0 Å². The van der Waals surface area contributed by atoms with Crippen LogP contribution in [0.15, 0.2) is 0 Å². The Balaban J connectivity index is 1.62. The van der Waals surface area contributed by atoms with Crippen LogP contribution in [0.5, 0.6) is 0 Å². The summed E-state index contributed by atoms with van der Waals surface area (Å²) in [6.07, 6.45) is 5.06. The standard InChI is InChI=1S/C12H25N3O2S/c1-15-8-5-12(6-9-15)14-18(16,17)10-2-7-13-11-3-4-11/h11-14H,2-10H2,1H3. The highest BCUT2D eigenvalue weighted by Crippen LogP contribution is 2.18. The summed E-state index contributed by atoms with van der Waals surface area (Å²) in [5.74, 6) is 0.249. The average Bonchev–Trinajstić information content (AvgIpc) is 3.11. The van der Waals surface area contributed by atoms with E-state index < -0.39 is 10.0 Å². The van der Waals surface area contributed by atoms with Crippen LogP contribution in [-0.2, 0) is 10.0 Å². The molecule has 5 nitrogen and oxygen atoms in total. The van der Waals surface area contributed by atoms with Crippen molar-refractivity contribution < 1.29 is 8.42 Å². The van der Waals surface area contributed by atoms with E-state index in [0.717, 1.165) is 32.5 Å². The predicted octanol–water partition coefficient (Wildman–Crippen LogP) is 0.142. The topological polar surface area (TPSA) is 61.4 Å². The van der Waals surface area contributed by atoms with Crippen molar-refractivity contribution in [2.45, 2.75) is 44.2 Å². The highest BCUT2D eigenvalue weighted by atomic mass is 32.2. The van der Waals surface area contributed by atoms with Crippen LogP contribution in [-0.4, -0.2) is 57.8 Å². The van der Waals surface area contributed by atoms with Gasteiger partial charge in [0.05, 0.1) is 5.75 Å². The highest BCUT2D eigenvalue weighted by molar-refractivity contribution is 7.89. The fourth-order valence-corrected chi connectivity index (χ4v) is 3.68. The summed E-state index contributed by atoms with van der Waals surface area (Å²) in [6, 6.07) is 0.803. The Morgan fingerprint density at radius 1 is 1.11 bits per heavy atom. The monoisotopic (exact) mass is 275 g/mol. The van der Waals surface area contributed by atoms with Crippen LogP contribution in [0.3, 0.4) is 0 Å². The van der Waals surface area contributed by atoms with Crippen molar-refractivity contribution in [1.29, 1.82) is 0 Å². The van der Waals surface area contributed by atoms with Crippen LogP contribution in [0.25, 0.3) is 0 Å². The second-order valence-corrected chi connectivity index (χ2v) is 7.47. The Bertz CT molecular complexity index is 346. The van der Waals surface area contributed by atoms with Crippen molar-refractivity contribution in [1.82, 2.24) is 14.9 Å². The third kappa shape index (κ3) is 5.22. The van der Waals surface area contributed by atoms with Gasteiger partial charge in [-0.3, -0.25) is 0 Å². The molecule has 1 aliphatic heterocycles. The zero-order chi connectivity index (χ0) is 13.0. The minimum absolute atomic E-state index is 0.141. The molecule has 18 heavy (non-hydrogen) atoms. The van der Waals surface area contributed by atoms with E-state index in [4.69, 9.17) is 0 Å². The van der Waals surface area contributed by atoms with Crippen LogP contribution in [0.2, 0.25) is 0 Å². The smallest absolute Gasteiger partial charge is 0.211 e. The van der Waals surface area contributed by atoms with Gasteiger partial charge in [0.2, 0.25) is 10.0 Å². The van der Waals surface area contributed by atoms with Crippen LogP contribution in [0.1, 0.15) is 32.1 Å². The van der Waals surface area contributed by atoms with E-state index in [1.807, 2.05) is 0 Å². The Hall–Kier alpha value is -0.170. The first kappa shape index (κ1) is 14.2. The third-order valence-corrected chi connectivity index (χ3v) is 5.18. The van der Waals surface area contributed by atoms with Gasteiger partial charge in [0, 0.05) is 12.1 Å². The van der Waals surface area contributed by atoms with Crippen LogP contribution < -0.4 is 10.0 Å². The molecular formula is C12H25N3O2S. The van der Waals surface area contributed by atoms with Gasteiger partial charge in [-0.25, -0.2) is 13.1 Å². The molecule has 0 amide bonds. The molecule has 106 valence electrons. The SMILES string of the molecule is CN1CCC(NS(=O)(=O)CCCNC2CC2)CC1. The van der Waals surface area contributed by atoms with Gasteiger partial charge < -0.3 is 10.2 Å². The van der Waals surface area contributed by atoms with Gasteiger partial charge in [0.1, 0.15) is 0 Å². The predicted molar refractivity (Wildman–Crippen MR) is 73.1 cm³/mol. The first-order valence-corrected chi connectivity index (χ1v) is 8.62. The lowest BCUT2D eigenvalue weighted by molar-refractivity contribution is 0.248. The number of hydrogen-bond acceptors (Lipinski definition) is 4. The Kier molecular flexibility index (Phi) is 5.00. The molecular weight excluding hydrogens is 250 g/mol. The number of likely N-dealkylation sites (tertiary alicyclic amines) is 1. The van der Waals surface area contributed by atoms with Crippen LogP contribution >= 0.6 is 0 Å². The molecule has 0 atom stereocenters. The number of nitrogens with one attached hydrogen (secondary N) is 2. The number of nitrogens with zero attached hydrogens (tertiary/aromatic N) is 1. The minimum atomic E-state index is -3.08. The van der Waals surface area contributed by atoms with Gasteiger partial charge >= 0.3 is 0 Å². The number of hydrogen-bond donors (Lipinski definition) is 2. The normalized spacial score (nSPS) is 23.4. The Morgan fingerprint density at radius 2 is 1.78 bits per heavy atom. The molecule has 1 heterocycles. The molecule has 2 aliphatic rings. The minimum Gasteiger partial charge on any atom is -0.314 e.